The van der Waals surface area contributed by atoms with E-state index in [0.29, 0.717) is 43.4 Å². The quantitative estimate of drug-likeness (QED) is 0.225. The van der Waals surface area contributed by atoms with Crippen LogP contribution in [0.4, 0.5) is 4.39 Å². The molecule has 2 heterocycles. The van der Waals surface area contributed by atoms with Crippen LogP contribution in [0.3, 0.4) is 0 Å². The summed E-state index contributed by atoms with van der Waals surface area (Å²) in [5.41, 5.74) is 2.23. The number of rotatable bonds is 10. The summed E-state index contributed by atoms with van der Waals surface area (Å²) in [7, 11) is 1.54. The summed E-state index contributed by atoms with van der Waals surface area (Å²) in [6, 6.07) is 18.2. The van der Waals surface area contributed by atoms with Gasteiger partial charge < -0.3 is 18.9 Å². The van der Waals surface area contributed by atoms with Crippen molar-refractivity contribution in [2.75, 3.05) is 13.7 Å². The number of fused-ring (bicyclic) bond motifs is 1. The highest BCUT2D eigenvalue weighted by molar-refractivity contribution is 7.07. The molecule has 4 aromatic rings. The predicted molar refractivity (Wildman–Crippen MR) is 166 cm³/mol. The molecule has 0 bridgehead atoms. The van der Waals surface area contributed by atoms with Crippen LogP contribution >= 0.6 is 11.3 Å². The first-order valence-corrected chi connectivity index (χ1v) is 15.0. The smallest absolute Gasteiger partial charge is 0.338 e. The number of aromatic nitrogens is 1. The molecule has 1 atom stereocenters. The molecule has 1 aromatic heterocycles. The average molecular weight is 617 g/mol. The molecule has 0 fully saturated rings. The Labute approximate surface area is 258 Å². The number of carbonyl (C=O) groups excluding carboxylic acids is 1. The number of thiazole rings is 1. The molecule has 5 rings (SSSR count). The second-order valence-electron chi connectivity index (χ2n) is 10.3. The second-order valence-corrected chi connectivity index (χ2v) is 11.3. The lowest BCUT2D eigenvalue weighted by molar-refractivity contribution is -0.139. The Morgan fingerprint density at radius 2 is 1.89 bits per heavy atom. The molecule has 0 unspecified atom stereocenters. The molecule has 0 amide bonds. The van der Waals surface area contributed by atoms with Gasteiger partial charge in [-0.05, 0) is 75.2 Å². The number of methoxy groups -OCH3 is 1. The minimum atomic E-state index is -0.801. The number of hydrogen-bond donors (Lipinski definition) is 0. The molecule has 0 radical (unpaired) electrons. The van der Waals surface area contributed by atoms with Gasteiger partial charge in [-0.25, -0.2) is 14.2 Å². The van der Waals surface area contributed by atoms with E-state index in [1.54, 1.807) is 75.6 Å². The monoisotopic (exact) mass is 616 g/mol. The lowest BCUT2D eigenvalue weighted by Gasteiger charge is -2.25. The van der Waals surface area contributed by atoms with Crippen LogP contribution in [0.2, 0.25) is 0 Å². The maximum atomic E-state index is 14.1. The third-order valence-electron chi connectivity index (χ3n) is 6.89. The van der Waals surface area contributed by atoms with Crippen molar-refractivity contribution in [3.63, 3.8) is 0 Å². The van der Waals surface area contributed by atoms with Gasteiger partial charge in [0.25, 0.3) is 5.56 Å². The van der Waals surface area contributed by atoms with Crippen LogP contribution in [0, 0.1) is 5.82 Å². The lowest BCUT2D eigenvalue weighted by atomic mass is 9.95. The van der Waals surface area contributed by atoms with Gasteiger partial charge in [-0.1, -0.05) is 47.7 Å². The minimum Gasteiger partial charge on any atom is -0.493 e. The van der Waals surface area contributed by atoms with Crippen molar-refractivity contribution >= 4 is 23.4 Å². The number of halogens is 1. The van der Waals surface area contributed by atoms with E-state index in [1.807, 2.05) is 26.0 Å². The first-order valence-electron chi connectivity index (χ1n) is 14.2. The summed E-state index contributed by atoms with van der Waals surface area (Å²) < 4.78 is 38.7. The summed E-state index contributed by atoms with van der Waals surface area (Å²) >= 11 is 1.22. The summed E-state index contributed by atoms with van der Waals surface area (Å²) in [6.07, 6.45) is 1.67. The zero-order valence-corrected chi connectivity index (χ0v) is 25.9. The third kappa shape index (κ3) is 6.45. The molecule has 0 saturated carbocycles. The van der Waals surface area contributed by atoms with Gasteiger partial charge >= 0.3 is 5.97 Å². The molecule has 228 valence electrons. The van der Waals surface area contributed by atoms with Gasteiger partial charge in [-0.2, -0.15) is 0 Å². The maximum absolute atomic E-state index is 14.1. The summed E-state index contributed by atoms with van der Waals surface area (Å²) in [5, 5.41) is 0. The molecular formula is C34H33FN2O6S. The first-order chi connectivity index (χ1) is 21.2. The van der Waals surface area contributed by atoms with E-state index in [-0.39, 0.29) is 36.3 Å². The van der Waals surface area contributed by atoms with E-state index in [2.05, 4.69) is 4.99 Å². The predicted octanol–water partition coefficient (Wildman–Crippen LogP) is 5.31. The summed E-state index contributed by atoms with van der Waals surface area (Å²) in [4.78, 5) is 32.4. The fraction of sp³-hybridized carbons (Fsp3) is 0.265. The normalized spacial score (nSPS) is 14.7. The third-order valence-corrected chi connectivity index (χ3v) is 7.87. The Hall–Kier alpha value is -4.70. The molecule has 1 aliphatic rings. The number of esters is 1. The van der Waals surface area contributed by atoms with Gasteiger partial charge in [-0.3, -0.25) is 9.36 Å². The van der Waals surface area contributed by atoms with Gasteiger partial charge in [0.05, 0.1) is 41.7 Å². The highest BCUT2D eigenvalue weighted by Crippen LogP contribution is 2.36. The van der Waals surface area contributed by atoms with Crippen molar-refractivity contribution in [3.05, 3.63) is 120 Å². The van der Waals surface area contributed by atoms with E-state index >= 15 is 0 Å². The van der Waals surface area contributed by atoms with Crippen LogP contribution in [0.5, 0.6) is 17.2 Å². The van der Waals surface area contributed by atoms with Gasteiger partial charge in [0.2, 0.25) is 0 Å². The summed E-state index contributed by atoms with van der Waals surface area (Å²) in [6.45, 7) is 7.54. The van der Waals surface area contributed by atoms with Gasteiger partial charge in [-0.15, -0.1) is 0 Å². The molecule has 0 spiro atoms. The number of nitrogens with zero attached hydrogens (tertiary/aromatic N) is 2. The lowest BCUT2D eigenvalue weighted by Crippen LogP contribution is -2.40. The number of carbonyl (C=O) groups is 1. The Morgan fingerprint density at radius 1 is 1.09 bits per heavy atom. The fourth-order valence-electron chi connectivity index (χ4n) is 4.93. The molecule has 0 saturated heterocycles. The van der Waals surface area contributed by atoms with Crippen LogP contribution in [0.1, 0.15) is 50.4 Å². The Kier molecular flexibility index (Phi) is 9.29. The highest BCUT2D eigenvalue weighted by atomic mass is 32.1. The number of ether oxygens (including phenoxy) is 4. The van der Waals surface area contributed by atoms with Crippen molar-refractivity contribution in [2.24, 2.45) is 4.99 Å². The van der Waals surface area contributed by atoms with Gasteiger partial charge in [0.15, 0.2) is 16.3 Å². The number of hydrogen-bond acceptors (Lipinski definition) is 8. The zero-order chi connectivity index (χ0) is 31.4. The van der Waals surface area contributed by atoms with Gasteiger partial charge in [0.1, 0.15) is 18.2 Å². The standard InChI is InChI=1S/C34H33FN2O6S/c1-6-41-33(39)30-21(4)36-34-37(31(30)23-14-15-27(43-20(2)3)28(18-23)40-5)32(38)29(44-34)17-22-10-9-12-25(16-22)42-19-24-11-7-8-13-26(24)35/h7-18,20,31H,6,19H2,1-5H3/b29-17+/t31-/m1/s1. The van der Waals surface area contributed by atoms with Crippen LogP contribution in [0.25, 0.3) is 6.08 Å². The van der Waals surface area contributed by atoms with Crippen LogP contribution < -0.4 is 29.1 Å². The zero-order valence-electron chi connectivity index (χ0n) is 25.1. The molecule has 3 aromatic carbocycles. The molecule has 0 aliphatic carbocycles. The van der Waals surface area contributed by atoms with E-state index in [0.717, 1.165) is 5.56 Å². The first kappa shape index (κ1) is 30.7. The molecule has 10 heteroatoms. The van der Waals surface area contributed by atoms with Crippen LogP contribution in [0.15, 0.2) is 87.8 Å². The van der Waals surface area contributed by atoms with Crippen molar-refractivity contribution in [2.45, 2.75) is 46.4 Å². The van der Waals surface area contributed by atoms with E-state index in [1.165, 1.54) is 22.0 Å². The molecule has 8 nitrogen and oxygen atoms in total. The maximum Gasteiger partial charge on any atom is 0.338 e. The van der Waals surface area contributed by atoms with Gasteiger partial charge in [0, 0.05) is 5.56 Å². The Morgan fingerprint density at radius 3 is 2.61 bits per heavy atom. The topological polar surface area (TPSA) is 88.4 Å². The molecule has 0 N–H and O–H groups in total. The van der Waals surface area contributed by atoms with E-state index in [9.17, 15) is 14.0 Å². The van der Waals surface area contributed by atoms with E-state index < -0.39 is 12.0 Å². The van der Waals surface area contributed by atoms with Crippen molar-refractivity contribution < 1.29 is 28.1 Å². The fourth-order valence-corrected chi connectivity index (χ4v) is 5.98. The Bertz CT molecular complexity index is 1910. The van der Waals surface area contributed by atoms with Crippen molar-refractivity contribution in [3.8, 4) is 17.2 Å². The average Bonchev–Trinajstić information content (AvgIpc) is 3.30. The van der Waals surface area contributed by atoms with Crippen molar-refractivity contribution in [1.82, 2.24) is 4.57 Å². The van der Waals surface area contributed by atoms with Crippen molar-refractivity contribution in [1.29, 1.82) is 0 Å². The van der Waals surface area contributed by atoms with Crippen LogP contribution in [-0.2, 0) is 16.1 Å². The minimum absolute atomic E-state index is 0.0681. The van der Waals surface area contributed by atoms with Crippen LogP contribution in [-0.4, -0.2) is 30.4 Å². The molecule has 1 aliphatic heterocycles. The number of allylic oxidation sites excluding steroid dienone is 1. The Balaban J connectivity index is 1.57. The molecular weight excluding hydrogens is 583 g/mol. The van der Waals surface area contributed by atoms with E-state index in [4.69, 9.17) is 18.9 Å². The summed E-state index contributed by atoms with van der Waals surface area (Å²) in [5.74, 6) is 0.673. The number of benzene rings is 3. The largest absolute Gasteiger partial charge is 0.493 e. The second kappa shape index (κ2) is 13.3. The molecule has 44 heavy (non-hydrogen) atoms. The highest BCUT2D eigenvalue weighted by Gasteiger charge is 2.34. The SMILES string of the molecule is CCOC(=O)C1=C(C)N=c2s/c(=C/c3cccc(OCc4ccccc4F)c3)c(=O)n2[C@@H]1c1ccc(OC(C)C)c(OC)c1.